The van der Waals surface area contributed by atoms with Crippen LogP contribution in [0, 0.1) is 23.7 Å². The van der Waals surface area contributed by atoms with Crippen molar-refractivity contribution in [3.8, 4) is 0 Å². The third-order valence-electron chi connectivity index (χ3n) is 8.27. The fourth-order valence-electron chi connectivity index (χ4n) is 4.97. The van der Waals surface area contributed by atoms with Gasteiger partial charge in [0.15, 0.2) is 0 Å². The summed E-state index contributed by atoms with van der Waals surface area (Å²) in [5.74, 6) is -2.68. The van der Waals surface area contributed by atoms with E-state index in [1.807, 2.05) is 26.8 Å². The number of nitrogen functional groups attached to an aromatic ring is 1. The summed E-state index contributed by atoms with van der Waals surface area (Å²) in [6.07, 6.45) is 17.2. The van der Waals surface area contributed by atoms with Gasteiger partial charge in [0.2, 0.25) is 17.8 Å². The smallest absolute Gasteiger partial charge is 0.317 e. The molecule has 1 aliphatic rings. The molecule has 2 aromatic rings. The molecule has 3 heterocycles. The monoisotopic (exact) mass is 696 g/mol. The van der Waals surface area contributed by atoms with Crippen LogP contribution in [0.25, 0.3) is 0 Å². The zero-order valence-electron chi connectivity index (χ0n) is 30.8. The summed E-state index contributed by atoms with van der Waals surface area (Å²) in [5.41, 5.74) is 10.2. The topological polar surface area (TPSA) is 219 Å². The normalized spacial score (nSPS) is 17.1. The summed E-state index contributed by atoms with van der Waals surface area (Å²) in [6, 6.07) is 0. The van der Waals surface area contributed by atoms with E-state index < -0.39 is 17.9 Å². The number of carbonyl (C=O) groups excluding carboxylic acids is 3. The van der Waals surface area contributed by atoms with Crippen molar-refractivity contribution >= 4 is 35.7 Å². The molecular weight excluding hydrogens is 640 g/mol. The zero-order chi connectivity index (χ0) is 37.6. The molecule has 0 spiro atoms. The number of H-pyrrole nitrogens is 2. The number of carbonyl (C=O) groups is 4. The Morgan fingerprint density at radius 1 is 0.940 bits per heavy atom. The first-order valence-corrected chi connectivity index (χ1v) is 17.1. The molecule has 0 aliphatic carbocycles. The zero-order valence-corrected chi connectivity index (χ0v) is 30.8. The minimum absolute atomic E-state index is 0.0650. The molecular formula is C36H56N8O6. The number of rotatable bonds is 16. The SMILES string of the molecule is CCC(C)=CCCC(C)=CC(C)C(CC(=O)O)C(=O)Nc1ncn[nH]1.CCC(C)=CCCC(C)=CC(C)C1CC(=O)OC1=O.Nc1ncn[nH]1. The molecule has 1 fully saturated rings. The molecule has 0 bridgehead atoms. The van der Waals surface area contributed by atoms with Crippen molar-refractivity contribution in [2.75, 3.05) is 11.1 Å². The van der Waals surface area contributed by atoms with Crippen LogP contribution in [0.4, 0.5) is 11.9 Å². The molecule has 0 aromatic carbocycles. The van der Waals surface area contributed by atoms with Crippen LogP contribution in [0.3, 0.4) is 0 Å². The number of allylic oxidation sites excluding steroid dienone is 8. The van der Waals surface area contributed by atoms with E-state index in [-0.39, 0.29) is 48.4 Å². The fourth-order valence-corrected chi connectivity index (χ4v) is 4.97. The predicted octanol–water partition coefficient (Wildman–Crippen LogP) is 6.73. The summed E-state index contributed by atoms with van der Waals surface area (Å²) in [4.78, 5) is 53.4. The highest BCUT2D eigenvalue weighted by Gasteiger charge is 2.36. The highest BCUT2D eigenvalue weighted by molar-refractivity contribution is 5.95. The van der Waals surface area contributed by atoms with Crippen LogP contribution >= 0.6 is 0 Å². The van der Waals surface area contributed by atoms with Crippen LogP contribution in [0.15, 0.2) is 59.3 Å². The maximum Gasteiger partial charge on any atom is 0.317 e. The highest BCUT2D eigenvalue weighted by Crippen LogP contribution is 2.27. The predicted molar refractivity (Wildman–Crippen MR) is 193 cm³/mol. The molecule has 14 nitrogen and oxygen atoms in total. The number of amides is 1. The number of hydrogen-bond donors (Lipinski definition) is 5. The quantitative estimate of drug-likeness (QED) is 0.0703. The van der Waals surface area contributed by atoms with Gasteiger partial charge in [-0.2, -0.15) is 15.2 Å². The van der Waals surface area contributed by atoms with E-state index in [9.17, 15) is 19.2 Å². The van der Waals surface area contributed by atoms with Gasteiger partial charge in [-0.25, -0.2) is 15.2 Å². The van der Waals surface area contributed by atoms with Crippen LogP contribution in [-0.2, 0) is 23.9 Å². The number of carboxylic acids is 1. The second-order valence-electron chi connectivity index (χ2n) is 12.6. The first kappa shape index (κ1) is 43.1. The molecule has 14 heteroatoms. The van der Waals surface area contributed by atoms with Crippen LogP contribution in [0.2, 0.25) is 0 Å². The van der Waals surface area contributed by atoms with Crippen molar-refractivity contribution in [2.45, 2.75) is 107 Å². The van der Waals surface area contributed by atoms with E-state index in [0.717, 1.165) is 44.1 Å². The molecule has 4 unspecified atom stereocenters. The van der Waals surface area contributed by atoms with Crippen LogP contribution in [-0.4, -0.2) is 59.3 Å². The largest absolute Gasteiger partial charge is 0.481 e. The molecule has 1 amide bonds. The van der Waals surface area contributed by atoms with Crippen molar-refractivity contribution in [1.82, 2.24) is 30.4 Å². The van der Waals surface area contributed by atoms with Gasteiger partial charge in [0.1, 0.15) is 12.7 Å². The average molecular weight is 697 g/mol. The van der Waals surface area contributed by atoms with Crippen molar-refractivity contribution in [1.29, 1.82) is 0 Å². The van der Waals surface area contributed by atoms with Crippen LogP contribution < -0.4 is 11.1 Å². The van der Waals surface area contributed by atoms with Gasteiger partial charge in [0.25, 0.3) is 0 Å². The molecule has 0 saturated carbocycles. The van der Waals surface area contributed by atoms with Gasteiger partial charge >= 0.3 is 17.9 Å². The Labute approximate surface area is 295 Å². The Bertz CT molecular complexity index is 1460. The second-order valence-corrected chi connectivity index (χ2v) is 12.6. The summed E-state index contributed by atoms with van der Waals surface area (Å²) in [7, 11) is 0. The molecule has 6 N–H and O–H groups in total. The lowest BCUT2D eigenvalue weighted by Gasteiger charge is -2.19. The van der Waals surface area contributed by atoms with E-state index in [1.54, 1.807) is 0 Å². The van der Waals surface area contributed by atoms with E-state index in [0.29, 0.717) is 5.95 Å². The van der Waals surface area contributed by atoms with Gasteiger partial charge in [-0.05, 0) is 78.1 Å². The number of hydrogen-bond acceptors (Lipinski definition) is 10. The Morgan fingerprint density at radius 2 is 1.50 bits per heavy atom. The molecule has 1 aliphatic heterocycles. The molecule has 0 radical (unpaired) electrons. The lowest BCUT2D eigenvalue weighted by molar-refractivity contribution is -0.153. The molecule has 3 rings (SSSR count). The number of aromatic amines is 2. The molecule has 276 valence electrons. The lowest BCUT2D eigenvalue weighted by Crippen LogP contribution is -2.30. The minimum atomic E-state index is -1.00. The van der Waals surface area contributed by atoms with Gasteiger partial charge in [0.05, 0.1) is 24.7 Å². The third-order valence-corrected chi connectivity index (χ3v) is 8.27. The first-order chi connectivity index (χ1) is 23.7. The number of nitrogens with two attached hydrogens (primary N) is 1. The van der Waals surface area contributed by atoms with Crippen molar-refractivity contribution < 1.29 is 29.0 Å². The average Bonchev–Trinajstić information content (AvgIpc) is 3.83. The van der Waals surface area contributed by atoms with Gasteiger partial charge in [-0.3, -0.25) is 24.5 Å². The van der Waals surface area contributed by atoms with Gasteiger partial charge < -0.3 is 15.6 Å². The highest BCUT2D eigenvalue weighted by atomic mass is 16.6. The standard InChI is InChI=1S/C18H28N4O3.C16H24O3.C2H4N4/c1-5-12(2)7-6-8-13(3)9-14(4)15(10-16(23)24)17(25)21-18-19-11-20-22-18;1-5-11(2)7-6-8-12(3)9-13(4)14-10-15(17)19-16(14)18;3-2-4-1-5-6-2/h7,9,11,14-15H,5-6,8,10H2,1-4H3,(H,23,24)(H2,19,20,21,22,25);7,9,13-14H,5-6,8,10H2,1-4H3;1H,(H3,3,4,5,6). The van der Waals surface area contributed by atoms with Gasteiger partial charge in [-0.15, -0.1) is 0 Å². The maximum absolute atomic E-state index is 12.4. The van der Waals surface area contributed by atoms with E-state index in [1.165, 1.54) is 29.4 Å². The maximum atomic E-state index is 12.4. The van der Waals surface area contributed by atoms with Gasteiger partial charge in [0, 0.05) is 0 Å². The van der Waals surface area contributed by atoms with Crippen molar-refractivity contribution in [3.05, 3.63) is 59.3 Å². The van der Waals surface area contributed by atoms with E-state index >= 15 is 0 Å². The number of nitrogens with zero attached hydrogens (tertiary/aromatic N) is 4. The molecule has 4 atom stereocenters. The summed E-state index contributed by atoms with van der Waals surface area (Å²) >= 11 is 0. The number of carboxylic acid groups (broad SMARTS) is 1. The minimum Gasteiger partial charge on any atom is -0.481 e. The van der Waals surface area contributed by atoms with Crippen LogP contribution in [0.5, 0.6) is 0 Å². The number of aromatic nitrogens is 6. The summed E-state index contributed by atoms with van der Waals surface area (Å²) < 4.78 is 4.59. The van der Waals surface area contributed by atoms with Crippen molar-refractivity contribution in [3.63, 3.8) is 0 Å². The van der Waals surface area contributed by atoms with E-state index in [4.69, 9.17) is 10.8 Å². The van der Waals surface area contributed by atoms with Gasteiger partial charge in [-0.1, -0.05) is 74.3 Å². The van der Waals surface area contributed by atoms with Crippen LogP contribution in [0.1, 0.15) is 107 Å². The summed E-state index contributed by atoms with van der Waals surface area (Å²) in [6.45, 7) is 16.5. The molecule has 50 heavy (non-hydrogen) atoms. The Hall–Kier alpha value is -4.88. The van der Waals surface area contributed by atoms with E-state index in [2.05, 4.69) is 93.3 Å². The third kappa shape index (κ3) is 18.0. The molecule has 2 aromatic heterocycles. The molecule has 1 saturated heterocycles. The first-order valence-electron chi connectivity index (χ1n) is 17.1. The Balaban J connectivity index is 0.000000437. The number of cyclic esters (lactones) is 2. The van der Waals surface area contributed by atoms with Crippen molar-refractivity contribution in [2.24, 2.45) is 23.7 Å². The Kier molecular flexibility index (Phi) is 20.3. The number of esters is 2. The number of aliphatic carboxylic acids is 1. The lowest BCUT2D eigenvalue weighted by atomic mass is 9.88. The number of nitrogens with one attached hydrogen (secondary N) is 3. The number of ether oxygens (including phenoxy) is 1. The summed E-state index contributed by atoms with van der Waals surface area (Å²) in [5, 5.41) is 23.8. The Morgan fingerprint density at radius 3 is 1.92 bits per heavy atom. The number of anilines is 2. The second kappa shape index (κ2) is 23.5. The fraction of sp³-hybridized carbons (Fsp3) is 0.556.